The number of hydrogen-bond donors (Lipinski definition) is 1. The van der Waals surface area contributed by atoms with Crippen LogP contribution in [-0.4, -0.2) is 66.9 Å². The number of likely N-dealkylation sites (N-methyl/N-ethyl adjacent to an activating group) is 1. The fourth-order valence-electron chi connectivity index (χ4n) is 1.48. The molecule has 1 heterocycles. The largest absolute Gasteiger partial charge is 0.481 e. The van der Waals surface area contributed by atoms with Crippen molar-refractivity contribution in [1.82, 2.24) is 0 Å². The monoisotopic (exact) mass is 247 g/mol. The summed E-state index contributed by atoms with van der Waals surface area (Å²) in [4.78, 5) is 14.9. The Bertz CT molecular complexity index is 286. The van der Waals surface area contributed by atoms with E-state index in [1.807, 2.05) is 21.1 Å². The number of aliphatic carboxylic acids is 1. The van der Waals surface area contributed by atoms with Crippen LogP contribution >= 0.6 is 11.8 Å². The van der Waals surface area contributed by atoms with E-state index in [2.05, 4.69) is 4.99 Å². The lowest BCUT2D eigenvalue weighted by atomic mass is 10.2. The lowest BCUT2D eigenvalue weighted by Gasteiger charge is -2.28. The van der Waals surface area contributed by atoms with E-state index in [1.54, 1.807) is 11.8 Å². The predicted octanol–water partition coefficient (Wildman–Crippen LogP) is 0.655. The zero-order valence-corrected chi connectivity index (χ0v) is 10.8. The lowest BCUT2D eigenvalue weighted by molar-refractivity contribution is -0.873. The number of aliphatic imine (C=N–C) groups is 1. The first-order valence-electron chi connectivity index (χ1n) is 5.23. The number of carboxylic acid groups (broad SMARTS) is 1. The van der Waals surface area contributed by atoms with Gasteiger partial charge in [-0.1, -0.05) is 11.8 Å². The third-order valence-corrected chi connectivity index (χ3v) is 2.84. The Kier molecular flexibility index (Phi) is 4.61. The minimum atomic E-state index is -0.831. The summed E-state index contributed by atoms with van der Waals surface area (Å²) in [5, 5.41) is 9.46. The van der Waals surface area contributed by atoms with Gasteiger partial charge in [-0.05, 0) is 0 Å². The van der Waals surface area contributed by atoms with Crippen molar-refractivity contribution in [2.45, 2.75) is 12.5 Å². The molecule has 0 aromatic heterocycles. The molecule has 0 aromatic rings. The van der Waals surface area contributed by atoms with Gasteiger partial charge in [0.25, 0.3) is 0 Å². The second-order valence-electron chi connectivity index (χ2n) is 4.81. The van der Waals surface area contributed by atoms with Gasteiger partial charge in [0.2, 0.25) is 5.23 Å². The highest BCUT2D eigenvalue weighted by atomic mass is 32.2. The predicted molar refractivity (Wildman–Crippen MR) is 64.8 cm³/mol. The molecule has 0 amide bonds. The van der Waals surface area contributed by atoms with Gasteiger partial charge >= 0.3 is 5.97 Å². The van der Waals surface area contributed by atoms with Crippen LogP contribution in [-0.2, 0) is 9.53 Å². The molecule has 1 rings (SSSR count). The van der Waals surface area contributed by atoms with Gasteiger partial charge in [0.15, 0.2) is 6.10 Å². The number of carboxylic acids is 1. The van der Waals surface area contributed by atoms with E-state index in [9.17, 15) is 4.79 Å². The summed E-state index contributed by atoms with van der Waals surface area (Å²) in [6.45, 7) is 1.43. The number of rotatable bonds is 5. The smallest absolute Gasteiger partial charge is 0.307 e. The van der Waals surface area contributed by atoms with E-state index in [4.69, 9.17) is 9.84 Å². The lowest BCUT2D eigenvalue weighted by Crippen LogP contribution is -2.43. The first-order valence-corrected chi connectivity index (χ1v) is 6.21. The maximum atomic E-state index is 10.7. The Labute approximate surface area is 100 Å². The fraction of sp³-hybridized carbons (Fsp3) is 0.800. The van der Waals surface area contributed by atoms with E-state index in [1.165, 1.54) is 0 Å². The zero-order valence-electron chi connectivity index (χ0n) is 9.97. The van der Waals surface area contributed by atoms with Gasteiger partial charge in [0.1, 0.15) is 6.54 Å². The number of hydrogen-bond acceptors (Lipinski definition) is 4. The zero-order chi connectivity index (χ0) is 12.2. The summed E-state index contributed by atoms with van der Waals surface area (Å²) in [6, 6.07) is 0. The standard InChI is InChI=1S/C10H18N2O3S/c1-12(2,3)7-8(6-9(13)14)15-10-11-4-5-16-10/h8H,4-7H2,1-3H3/p+1/t8-/m1/s1. The quantitative estimate of drug-likeness (QED) is 0.725. The Morgan fingerprint density at radius 3 is 2.75 bits per heavy atom. The van der Waals surface area contributed by atoms with Crippen molar-refractivity contribution in [1.29, 1.82) is 0 Å². The fourth-order valence-corrected chi connectivity index (χ4v) is 2.22. The maximum Gasteiger partial charge on any atom is 0.307 e. The SMILES string of the molecule is C[N+](C)(C)C[C@@H](CC(=O)O)OC1=NCCS1. The molecule has 5 nitrogen and oxygen atoms in total. The first-order chi connectivity index (χ1) is 7.37. The van der Waals surface area contributed by atoms with Crippen LogP contribution in [0, 0.1) is 0 Å². The molecule has 0 saturated carbocycles. The third-order valence-electron chi connectivity index (χ3n) is 1.98. The van der Waals surface area contributed by atoms with Crippen molar-refractivity contribution in [3.63, 3.8) is 0 Å². The number of ether oxygens (including phenoxy) is 1. The van der Waals surface area contributed by atoms with Gasteiger partial charge in [-0.2, -0.15) is 0 Å². The highest BCUT2D eigenvalue weighted by Crippen LogP contribution is 2.16. The Morgan fingerprint density at radius 2 is 2.31 bits per heavy atom. The van der Waals surface area contributed by atoms with Gasteiger partial charge in [0.05, 0.1) is 34.1 Å². The van der Waals surface area contributed by atoms with Crippen LogP contribution in [0.25, 0.3) is 0 Å². The summed E-state index contributed by atoms with van der Waals surface area (Å²) in [7, 11) is 6.05. The molecule has 1 atom stereocenters. The second-order valence-corrected chi connectivity index (χ2v) is 5.85. The topological polar surface area (TPSA) is 58.9 Å². The van der Waals surface area contributed by atoms with E-state index in [0.29, 0.717) is 16.3 Å². The van der Waals surface area contributed by atoms with E-state index in [-0.39, 0.29) is 12.5 Å². The first kappa shape index (κ1) is 13.3. The molecule has 16 heavy (non-hydrogen) atoms. The van der Waals surface area contributed by atoms with Crippen LogP contribution in [0.15, 0.2) is 4.99 Å². The minimum absolute atomic E-state index is 0.0229. The molecular formula is C10H19N2O3S+. The summed E-state index contributed by atoms with van der Waals surface area (Å²) in [5.41, 5.74) is 0. The van der Waals surface area contributed by atoms with Crippen molar-refractivity contribution >= 4 is 23.0 Å². The van der Waals surface area contributed by atoms with Gasteiger partial charge in [-0.3, -0.25) is 4.79 Å². The van der Waals surface area contributed by atoms with Crippen molar-refractivity contribution in [3.8, 4) is 0 Å². The van der Waals surface area contributed by atoms with Crippen LogP contribution in [0.5, 0.6) is 0 Å². The minimum Gasteiger partial charge on any atom is -0.481 e. The average Bonchev–Trinajstić information content (AvgIpc) is 2.51. The molecule has 92 valence electrons. The molecule has 0 saturated heterocycles. The van der Waals surface area contributed by atoms with Crippen LogP contribution in [0.4, 0.5) is 0 Å². The van der Waals surface area contributed by atoms with Crippen LogP contribution in [0.1, 0.15) is 6.42 Å². The van der Waals surface area contributed by atoms with Crippen LogP contribution in [0.3, 0.4) is 0 Å². The number of nitrogens with zero attached hydrogens (tertiary/aromatic N) is 2. The molecule has 0 bridgehead atoms. The molecule has 6 heteroatoms. The van der Waals surface area contributed by atoms with Crippen molar-refractivity contribution in [3.05, 3.63) is 0 Å². The molecule has 0 aromatic carbocycles. The summed E-state index contributed by atoms with van der Waals surface area (Å²) in [5.74, 6) is 0.0986. The molecule has 0 unspecified atom stereocenters. The van der Waals surface area contributed by atoms with Crippen LogP contribution in [0.2, 0.25) is 0 Å². The highest BCUT2D eigenvalue weighted by molar-refractivity contribution is 8.13. The third kappa shape index (κ3) is 5.37. The van der Waals surface area contributed by atoms with Crippen molar-refractivity contribution in [2.24, 2.45) is 4.99 Å². The van der Waals surface area contributed by atoms with E-state index < -0.39 is 5.97 Å². The van der Waals surface area contributed by atoms with Gasteiger partial charge in [-0.15, -0.1) is 0 Å². The average molecular weight is 247 g/mol. The maximum absolute atomic E-state index is 10.7. The Hall–Kier alpha value is -0.750. The number of thioether (sulfide) groups is 1. The van der Waals surface area contributed by atoms with Crippen LogP contribution < -0.4 is 0 Å². The molecule has 0 radical (unpaired) electrons. The number of quaternary nitrogens is 1. The van der Waals surface area contributed by atoms with Gasteiger partial charge in [-0.25, -0.2) is 4.99 Å². The molecule has 1 aliphatic rings. The van der Waals surface area contributed by atoms with Gasteiger partial charge < -0.3 is 14.3 Å². The Balaban J connectivity index is 2.52. The molecule has 1 N–H and O–H groups in total. The second kappa shape index (κ2) is 5.54. The molecule has 0 fully saturated rings. The van der Waals surface area contributed by atoms with E-state index >= 15 is 0 Å². The molecular weight excluding hydrogens is 228 g/mol. The molecule has 0 spiro atoms. The Morgan fingerprint density at radius 1 is 1.62 bits per heavy atom. The van der Waals surface area contributed by atoms with Crippen molar-refractivity contribution in [2.75, 3.05) is 40.0 Å². The van der Waals surface area contributed by atoms with Crippen molar-refractivity contribution < 1.29 is 19.1 Å². The van der Waals surface area contributed by atoms with Gasteiger partial charge in [0, 0.05) is 5.75 Å². The molecule has 0 aliphatic carbocycles. The summed E-state index contributed by atoms with van der Waals surface area (Å²) in [6.07, 6.45) is -0.281. The number of carbonyl (C=O) groups is 1. The summed E-state index contributed by atoms with van der Waals surface area (Å²) >= 11 is 1.55. The summed E-state index contributed by atoms with van der Waals surface area (Å²) < 4.78 is 6.29. The van der Waals surface area contributed by atoms with E-state index in [0.717, 1.165) is 12.3 Å². The molecule has 1 aliphatic heterocycles. The normalized spacial score (nSPS) is 18.1. The highest BCUT2D eigenvalue weighted by Gasteiger charge is 2.25.